The zero-order chi connectivity index (χ0) is 16.6. The van der Waals surface area contributed by atoms with Gasteiger partial charge in [0.05, 0.1) is 12.5 Å². The molecule has 0 aliphatic rings. The number of alkyl carbamates (subject to hydrolysis) is 1. The number of amides is 1. The van der Waals surface area contributed by atoms with Crippen LogP contribution in [0.2, 0.25) is 0 Å². The Bertz CT molecular complexity index is 571. The van der Waals surface area contributed by atoms with Crippen LogP contribution in [-0.4, -0.2) is 29.8 Å². The average Bonchev–Trinajstić information content (AvgIpc) is 2.46. The first-order valence-electron chi connectivity index (χ1n) is 6.58. The van der Waals surface area contributed by atoms with Crippen LogP contribution < -0.4 is 10.1 Å². The minimum atomic E-state index is -0.633. The molecule has 0 saturated heterocycles. The van der Waals surface area contributed by atoms with Crippen molar-refractivity contribution in [3.63, 3.8) is 0 Å². The lowest BCUT2D eigenvalue weighted by Crippen LogP contribution is -2.34. The van der Waals surface area contributed by atoms with E-state index < -0.39 is 11.7 Å². The summed E-state index contributed by atoms with van der Waals surface area (Å²) in [6.45, 7) is 5.12. The fourth-order valence-corrected chi connectivity index (χ4v) is 1.33. The van der Waals surface area contributed by atoms with Gasteiger partial charge in [0.2, 0.25) is 0 Å². The van der Waals surface area contributed by atoms with E-state index in [1.54, 1.807) is 26.8 Å². The summed E-state index contributed by atoms with van der Waals surface area (Å²) in [5, 5.41) is 11.1. The maximum atomic E-state index is 12.8. The normalized spacial score (nSPS) is 11.5. The topological polar surface area (TPSA) is 84.2 Å². The number of carbonyl (C=O) groups excluding carboxylic acids is 1. The number of rotatable bonds is 5. The van der Waals surface area contributed by atoms with Crippen molar-refractivity contribution in [3.05, 3.63) is 35.9 Å². The summed E-state index contributed by atoms with van der Waals surface area (Å²) in [7, 11) is 0. The number of pyridine rings is 1. The molecular weight excluding hydrogens is 289 g/mol. The molecule has 0 saturated carbocycles. The van der Waals surface area contributed by atoms with Gasteiger partial charge in [0, 0.05) is 12.1 Å². The van der Waals surface area contributed by atoms with Crippen molar-refractivity contribution >= 4 is 6.09 Å². The lowest BCUT2D eigenvalue weighted by Gasteiger charge is -2.20. The molecule has 0 aliphatic heterocycles. The van der Waals surface area contributed by atoms with Gasteiger partial charge >= 0.3 is 6.09 Å². The van der Waals surface area contributed by atoms with Crippen LogP contribution in [0.5, 0.6) is 5.75 Å². The second-order valence-corrected chi connectivity index (χ2v) is 5.40. The third-order valence-corrected chi connectivity index (χ3v) is 2.29. The highest BCUT2D eigenvalue weighted by atomic mass is 19.1. The van der Waals surface area contributed by atoms with Crippen molar-refractivity contribution in [2.45, 2.75) is 26.4 Å². The Labute approximate surface area is 128 Å². The summed E-state index contributed by atoms with van der Waals surface area (Å²) >= 11 is 0. The molecule has 1 N–H and O–H groups in total. The SMILES string of the molecule is CC(C)(C)OC(=O)NCC(=CF)COc1ccc(C#N)nc1. The molecule has 1 amide bonds. The lowest BCUT2D eigenvalue weighted by molar-refractivity contribution is 0.0531. The quantitative estimate of drug-likeness (QED) is 0.904. The van der Waals surface area contributed by atoms with Gasteiger partial charge in [-0.25, -0.2) is 14.2 Å². The molecule has 0 radical (unpaired) electrons. The summed E-state index contributed by atoms with van der Waals surface area (Å²) in [4.78, 5) is 15.3. The van der Waals surface area contributed by atoms with Gasteiger partial charge in [0.25, 0.3) is 0 Å². The third kappa shape index (κ3) is 6.70. The number of nitriles is 1. The molecule has 0 spiro atoms. The Kier molecular flexibility index (Phi) is 6.32. The molecule has 1 heterocycles. The maximum Gasteiger partial charge on any atom is 0.407 e. The van der Waals surface area contributed by atoms with E-state index in [1.165, 1.54) is 12.3 Å². The highest BCUT2D eigenvalue weighted by molar-refractivity contribution is 5.68. The fourth-order valence-electron chi connectivity index (χ4n) is 1.33. The average molecular weight is 307 g/mol. The van der Waals surface area contributed by atoms with E-state index in [0.29, 0.717) is 12.1 Å². The minimum absolute atomic E-state index is 0.0326. The second kappa shape index (κ2) is 7.98. The number of hydrogen-bond acceptors (Lipinski definition) is 5. The molecule has 118 valence electrons. The molecule has 0 aromatic carbocycles. The second-order valence-electron chi connectivity index (χ2n) is 5.40. The summed E-state index contributed by atoms with van der Waals surface area (Å²) in [6, 6.07) is 4.93. The Morgan fingerprint density at radius 3 is 2.73 bits per heavy atom. The minimum Gasteiger partial charge on any atom is -0.487 e. The highest BCUT2D eigenvalue weighted by Gasteiger charge is 2.16. The molecule has 6 nitrogen and oxygen atoms in total. The van der Waals surface area contributed by atoms with E-state index in [1.807, 2.05) is 6.07 Å². The molecule has 0 atom stereocenters. The zero-order valence-electron chi connectivity index (χ0n) is 12.7. The standard InChI is InChI=1S/C15H18FN3O3/c1-15(2,3)22-14(20)19-8-11(6-16)10-21-13-5-4-12(7-17)18-9-13/h4-6,9H,8,10H2,1-3H3,(H,19,20). The van der Waals surface area contributed by atoms with E-state index in [0.717, 1.165) is 0 Å². The largest absolute Gasteiger partial charge is 0.487 e. The van der Waals surface area contributed by atoms with Crippen molar-refractivity contribution in [1.29, 1.82) is 5.26 Å². The van der Waals surface area contributed by atoms with E-state index in [9.17, 15) is 9.18 Å². The van der Waals surface area contributed by atoms with Crippen molar-refractivity contribution in [2.24, 2.45) is 0 Å². The van der Waals surface area contributed by atoms with Gasteiger partial charge in [-0.3, -0.25) is 0 Å². The van der Waals surface area contributed by atoms with Crippen molar-refractivity contribution in [1.82, 2.24) is 10.3 Å². The van der Waals surface area contributed by atoms with Crippen LogP contribution >= 0.6 is 0 Å². The van der Waals surface area contributed by atoms with Gasteiger partial charge in [0.15, 0.2) is 0 Å². The predicted octanol–water partition coefficient (Wildman–Crippen LogP) is 2.71. The molecule has 0 unspecified atom stereocenters. The highest BCUT2D eigenvalue weighted by Crippen LogP contribution is 2.10. The molecule has 1 aromatic heterocycles. The van der Waals surface area contributed by atoms with Gasteiger partial charge in [-0.2, -0.15) is 5.26 Å². The van der Waals surface area contributed by atoms with Crippen LogP contribution in [-0.2, 0) is 4.74 Å². The Hall–Kier alpha value is -2.62. The van der Waals surface area contributed by atoms with Crippen LogP contribution in [0.25, 0.3) is 0 Å². The Morgan fingerprint density at radius 2 is 2.23 bits per heavy atom. The zero-order valence-corrected chi connectivity index (χ0v) is 12.7. The van der Waals surface area contributed by atoms with Crippen LogP contribution in [0, 0.1) is 11.3 Å². The van der Waals surface area contributed by atoms with E-state index in [-0.39, 0.29) is 24.4 Å². The van der Waals surface area contributed by atoms with Crippen LogP contribution in [0.15, 0.2) is 30.2 Å². The molecule has 0 fully saturated rings. The first-order valence-corrected chi connectivity index (χ1v) is 6.58. The first-order chi connectivity index (χ1) is 10.3. The van der Waals surface area contributed by atoms with Crippen LogP contribution in [0.1, 0.15) is 26.5 Å². The molecule has 1 rings (SSSR count). The number of aromatic nitrogens is 1. The van der Waals surface area contributed by atoms with E-state index in [2.05, 4.69) is 10.3 Å². The number of nitrogens with zero attached hydrogens (tertiary/aromatic N) is 2. The molecule has 7 heteroatoms. The number of hydrogen-bond donors (Lipinski definition) is 1. The van der Waals surface area contributed by atoms with E-state index >= 15 is 0 Å². The molecule has 22 heavy (non-hydrogen) atoms. The Balaban J connectivity index is 2.42. The van der Waals surface area contributed by atoms with E-state index in [4.69, 9.17) is 14.7 Å². The number of carbonyl (C=O) groups is 1. The maximum absolute atomic E-state index is 12.8. The fraction of sp³-hybridized carbons (Fsp3) is 0.400. The molecule has 0 aliphatic carbocycles. The molecule has 0 bridgehead atoms. The van der Waals surface area contributed by atoms with Gasteiger partial charge in [-0.15, -0.1) is 0 Å². The third-order valence-electron chi connectivity index (χ3n) is 2.29. The van der Waals surface area contributed by atoms with Crippen LogP contribution in [0.3, 0.4) is 0 Å². The number of halogens is 1. The first kappa shape index (κ1) is 17.4. The molecule has 1 aromatic rings. The number of nitrogens with one attached hydrogen (secondary N) is 1. The monoisotopic (exact) mass is 307 g/mol. The predicted molar refractivity (Wildman–Crippen MR) is 77.9 cm³/mol. The Morgan fingerprint density at radius 1 is 1.50 bits per heavy atom. The van der Waals surface area contributed by atoms with Crippen molar-refractivity contribution in [3.8, 4) is 11.8 Å². The lowest BCUT2D eigenvalue weighted by atomic mass is 10.2. The van der Waals surface area contributed by atoms with Gasteiger partial charge in [-0.1, -0.05) is 0 Å². The van der Waals surface area contributed by atoms with Crippen LogP contribution in [0.4, 0.5) is 9.18 Å². The van der Waals surface area contributed by atoms with Gasteiger partial charge in [0.1, 0.15) is 29.7 Å². The van der Waals surface area contributed by atoms with Gasteiger partial charge < -0.3 is 14.8 Å². The molecular formula is C15H18FN3O3. The number of ether oxygens (including phenoxy) is 2. The van der Waals surface area contributed by atoms with Crippen molar-refractivity contribution in [2.75, 3.05) is 13.2 Å². The van der Waals surface area contributed by atoms with Crippen molar-refractivity contribution < 1.29 is 18.7 Å². The summed E-state index contributed by atoms with van der Waals surface area (Å²) in [5.41, 5.74) is -0.121. The van der Waals surface area contributed by atoms with Gasteiger partial charge in [-0.05, 0) is 32.9 Å². The smallest absolute Gasteiger partial charge is 0.407 e. The summed E-state index contributed by atoms with van der Waals surface area (Å²) in [6.07, 6.45) is 1.11. The summed E-state index contributed by atoms with van der Waals surface area (Å²) < 4.78 is 23.1. The summed E-state index contributed by atoms with van der Waals surface area (Å²) in [5.74, 6) is 0.399.